The quantitative estimate of drug-likeness (QED) is 0.496. The lowest BCUT2D eigenvalue weighted by Gasteiger charge is -2.18. The van der Waals surface area contributed by atoms with Crippen LogP contribution in [0.3, 0.4) is 0 Å². The molecule has 0 saturated heterocycles. The molecule has 0 aliphatic rings. The van der Waals surface area contributed by atoms with Gasteiger partial charge in [0.1, 0.15) is 6.54 Å². The average Bonchev–Trinajstić information content (AvgIpc) is 2.42. The number of carbonyl (C=O) groups excluding carboxylic acids is 2. The SMILES string of the molecule is Cc1ccccc1/C=C(\C(=O)NCC(=O)O)C(=O)C(C)(C)C. The number of aliphatic carboxylic acids is 1. The standard InChI is InChI=1S/C17H21NO4/c1-11-7-5-6-8-12(11)9-13(15(21)17(2,3)4)16(22)18-10-14(19)20/h5-9H,10H2,1-4H3,(H,18,22)(H,19,20)/b13-9-. The van der Waals surface area contributed by atoms with Gasteiger partial charge in [-0.15, -0.1) is 0 Å². The summed E-state index contributed by atoms with van der Waals surface area (Å²) < 4.78 is 0. The lowest BCUT2D eigenvalue weighted by Crippen LogP contribution is -2.36. The van der Waals surface area contributed by atoms with E-state index in [1.807, 2.05) is 25.1 Å². The Labute approximate surface area is 130 Å². The molecule has 1 aromatic rings. The van der Waals surface area contributed by atoms with Crippen molar-refractivity contribution in [3.63, 3.8) is 0 Å². The number of hydrogen-bond acceptors (Lipinski definition) is 3. The summed E-state index contributed by atoms with van der Waals surface area (Å²) in [6.45, 7) is 6.49. The molecule has 0 bridgehead atoms. The highest BCUT2D eigenvalue weighted by Gasteiger charge is 2.29. The summed E-state index contributed by atoms with van der Waals surface area (Å²) in [7, 11) is 0. The number of carbonyl (C=O) groups is 3. The number of carboxylic acid groups (broad SMARTS) is 1. The van der Waals surface area contributed by atoms with E-state index in [2.05, 4.69) is 5.32 Å². The molecule has 1 aromatic carbocycles. The molecule has 0 spiro atoms. The second-order valence-corrected chi connectivity index (χ2v) is 6.07. The molecule has 0 saturated carbocycles. The third kappa shape index (κ3) is 4.84. The first-order chi connectivity index (χ1) is 10.1. The Morgan fingerprint density at radius 2 is 1.77 bits per heavy atom. The first-order valence-electron chi connectivity index (χ1n) is 6.95. The third-order valence-electron chi connectivity index (χ3n) is 3.06. The van der Waals surface area contributed by atoms with E-state index in [4.69, 9.17) is 5.11 Å². The van der Waals surface area contributed by atoms with Gasteiger partial charge in [0.25, 0.3) is 5.91 Å². The molecule has 1 amide bonds. The summed E-state index contributed by atoms with van der Waals surface area (Å²) in [5, 5.41) is 10.9. The van der Waals surface area contributed by atoms with Crippen molar-refractivity contribution in [2.75, 3.05) is 6.54 Å². The van der Waals surface area contributed by atoms with Gasteiger partial charge in [0, 0.05) is 5.41 Å². The highest BCUT2D eigenvalue weighted by molar-refractivity contribution is 6.24. The largest absolute Gasteiger partial charge is 0.480 e. The van der Waals surface area contributed by atoms with E-state index < -0.39 is 23.8 Å². The third-order valence-corrected chi connectivity index (χ3v) is 3.06. The lowest BCUT2D eigenvalue weighted by molar-refractivity contribution is -0.138. The van der Waals surface area contributed by atoms with E-state index >= 15 is 0 Å². The van der Waals surface area contributed by atoms with Crippen LogP contribution in [0.4, 0.5) is 0 Å². The number of carboxylic acids is 1. The molecule has 0 atom stereocenters. The normalized spacial score (nSPS) is 11.9. The van der Waals surface area contributed by atoms with Crippen LogP contribution in [-0.4, -0.2) is 29.3 Å². The minimum atomic E-state index is -1.16. The molecule has 0 aliphatic carbocycles. The van der Waals surface area contributed by atoms with Gasteiger partial charge in [-0.3, -0.25) is 14.4 Å². The molecule has 5 nitrogen and oxygen atoms in total. The maximum absolute atomic E-state index is 12.5. The molecule has 0 aliphatic heterocycles. The summed E-state index contributed by atoms with van der Waals surface area (Å²) >= 11 is 0. The zero-order chi connectivity index (χ0) is 16.9. The topological polar surface area (TPSA) is 83.5 Å². The van der Waals surface area contributed by atoms with Crippen LogP contribution in [0.1, 0.15) is 31.9 Å². The van der Waals surface area contributed by atoms with Crippen LogP contribution in [0, 0.1) is 12.3 Å². The Bertz CT molecular complexity index is 624. The first-order valence-corrected chi connectivity index (χ1v) is 6.95. The number of aryl methyl sites for hydroxylation is 1. The summed E-state index contributed by atoms with van der Waals surface area (Å²) in [5.74, 6) is -2.17. The minimum absolute atomic E-state index is 0.0388. The van der Waals surface area contributed by atoms with Crippen LogP contribution in [0.25, 0.3) is 6.08 Å². The molecule has 0 fully saturated rings. The van der Waals surface area contributed by atoms with Crippen LogP contribution in [0.15, 0.2) is 29.8 Å². The van der Waals surface area contributed by atoms with Gasteiger partial charge < -0.3 is 10.4 Å². The van der Waals surface area contributed by atoms with Crippen molar-refractivity contribution < 1.29 is 19.5 Å². The zero-order valence-electron chi connectivity index (χ0n) is 13.3. The molecule has 1 rings (SSSR count). The smallest absolute Gasteiger partial charge is 0.322 e. The molecule has 2 N–H and O–H groups in total. The predicted octanol–water partition coefficient (Wildman–Crippen LogP) is 2.19. The van der Waals surface area contributed by atoms with Crippen LogP contribution < -0.4 is 5.32 Å². The monoisotopic (exact) mass is 303 g/mol. The number of amides is 1. The fourth-order valence-electron chi connectivity index (χ4n) is 1.79. The fourth-order valence-corrected chi connectivity index (χ4v) is 1.79. The lowest BCUT2D eigenvalue weighted by atomic mass is 9.85. The van der Waals surface area contributed by atoms with Crippen molar-refractivity contribution in [3.05, 3.63) is 41.0 Å². The van der Waals surface area contributed by atoms with Gasteiger partial charge in [-0.2, -0.15) is 0 Å². The molecule has 0 aromatic heterocycles. The van der Waals surface area contributed by atoms with Gasteiger partial charge in [-0.1, -0.05) is 45.0 Å². The summed E-state index contributed by atoms with van der Waals surface area (Å²) in [6, 6.07) is 7.35. The molecule has 118 valence electrons. The van der Waals surface area contributed by atoms with Crippen molar-refractivity contribution in [1.29, 1.82) is 0 Å². The molecule has 22 heavy (non-hydrogen) atoms. The van der Waals surface area contributed by atoms with Gasteiger partial charge in [-0.25, -0.2) is 0 Å². The maximum atomic E-state index is 12.5. The van der Waals surface area contributed by atoms with Crippen molar-refractivity contribution >= 4 is 23.7 Å². The van der Waals surface area contributed by atoms with Crippen molar-refractivity contribution in [3.8, 4) is 0 Å². The van der Waals surface area contributed by atoms with Gasteiger partial charge in [-0.05, 0) is 24.1 Å². The molecule has 0 radical (unpaired) electrons. The highest BCUT2D eigenvalue weighted by atomic mass is 16.4. The Morgan fingerprint density at radius 3 is 2.27 bits per heavy atom. The molecule has 5 heteroatoms. The van der Waals surface area contributed by atoms with E-state index in [0.717, 1.165) is 11.1 Å². The highest BCUT2D eigenvalue weighted by Crippen LogP contribution is 2.22. The number of hydrogen-bond donors (Lipinski definition) is 2. The molecule has 0 unspecified atom stereocenters. The van der Waals surface area contributed by atoms with E-state index in [-0.39, 0.29) is 11.4 Å². The minimum Gasteiger partial charge on any atom is -0.480 e. The average molecular weight is 303 g/mol. The van der Waals surface area contributed by atoms with Crippen LogP contribution in [0.5, 0.6) is 0 Å². The van der Waals surface area contributed by atoms with Crippen LogP contribution in [0.2, 0.25) is 0 Å². The summed E-state index contributed by atoms with van der Waals surface area (Å²) in [6.07, 6.45) is 1.51. The van der Waals surface area contributed by atoms with Gasteiger partial charge >= 0.3 is 5.97 Å². The Balaban J connectivity index is 3.23. The van der Waals surface area contributed by atoms with Crippen molar-refractivity contribution in [2.45, 2.75) is 27.7 Å². The molecular formula is C17H21NO4. The van der Waals surface area contributed by atoms with E-state index in [0.29, 0.717) is 0 Å². The zero-order valence-corrected chi connectivity index (χ0v) is 13.3. The van der Waals surface area contributed by atoms with Gasteiger partial charge in [0.05, 0.1) is 5.57 Å². The summed E-state index contributed by atoms with van der Waals surface area (Å²) in [4.78, 5) is 35.3. The number of ketones is 1. The number of rotatable bonds is 5. The van der Waals surface area contributed by atoms with E-state index in [1.165, 1.54) is 6.08 Å². The molecule has 0 heterocycles. The first kappa shape index (κ1) is 17.6. The second kappa shape index (κ2) is 7.02. The number of nitrogens with one attached hydrogen (secondary N) is 1. The maximum Gasteiger partial charge on any atom is 0.322 e. The summed E-state index contributed by atoms with van der Waals surface area (Å²) in [5.41, 5.74) is 0.895. The van der Waals surface area contributed by atoms with Crippen molar-refractivity contribution in [1.82, 2.24) is 5.32 Å². The van der Waals surface area contributed by atoms with Gasteiger partial charge in [0.2, 0.25) is 0 Å². The van der Waals surface area contributed by atoms with Gasteiger partial charge in [0.15, 0.2) is 5.78 Å². The Kier molecular flexibility index (Phi) is 5.63. The number of benzene rings is 1. The van der Waals surface area contributed by atoms with E-state index in [9.17, 15) is 14.4 Å². The number of Topliss-reactive ketones (excluding diaryl/α,β-unsaturated/α-hetero) is 1. The Morgan fingerprint density at radius 1 is 1.18 bits per heavy atom. The van der Waals surface area contributed by atoms with Crippen LogP contribution in [-0.2, 0) is 14.4 Å². The van der Waals surface area contributed by atoms with Crippen LogP contribution >= 0.6 is 0 Å². The second-order valence-electron chi connectivity index (χ2n) is 6.07. The van der Waals surface area contributed by atoms with E-state index in [1.54, 1.807) is 26.8 Å². The Hall–Kier alpha value is -2.43. The predicted molar refractivity (Wildman–Crippen MR) is 84.3 cm³/mol. The van der Waals surface area contributed by atoms with Crippen molar-refractivity contribution in [2.24, 2.45) is 5.41 Å². The fraction of sp³-hybridized carbons (Fsp3) is 0.353. The molecular weight excluding hydrogens is 282 g/mol.